The topological polar surface area (TPSA) is 78.1 Å². The maximum absolute atomic E-state index is 13.7. The summed E-state index contributed by atoms with van der Waals surface area (Å²) in [6.07, 6.45) is 2.88. The second-order valence-electron chi connectivity index (χ2n) is 9.42. The molecule has 2 amide bonds. The number of hydrogen-bond acceptors (Lipinski definition) is 4. The average Bonchev–Trinajstić information content (AvgIpc) is 3.17. The van der Waals surface area contributed by atoms with Crippen LogP contribution in [0.25, 0.3) is 21.3 Å². The molecule has 1 saturated carbocycles. The van der Waals surface area contributed by atoms with Gasteiger partial charge >= 0.3 is 0 Å². The molecule has 2 fully saturated rings. The summed E-state index contributed by atoms with van der Waals surface area (Å²) in [5, 5.41) is 4.89. The van der Waals surface area contributed by atoms with Crippen molar-refractivity contribution in [2.45, 2.75) is 26.3 Å². The fourth-order valence-electron chi connectivity index (χ4n) is 5.31. The van der Waals surface area contributed by atoms with Gasteiger partial charge < -0.3 is 15.2 Å². The normalized spacial score (nSPS) is 21.0. The number of aromatic nitrogens is 2. The summed E-state index contributed by atoms with van der Waals surface area (Å²) >= 11 is 1.56. The van der Waals surface area contributed by atoms with Crippen molar-refractivity contribution in [3.63, 3.8) is 0 Å². The Morgan fingerprint density at radius 2 is 2.03 bits per heavy atom. The molecule has 2 aromatic carbocycles. The van der Waals surface area contributed by atoms with Crippen LogP contribution in [0.4, 0.5) is 0 Å². The van der Waals surface area contributed by atoms with Crippen LogP contribution in [0, 0.1) is 25.7 Å². The predicted octanol–water partition coefficient (Wildman–Crippen LogP) is 4.80. The summed E-state index contributed by atoms with van der Waals surface area (Å²) in [6.45, 7) is 5.19. The molecule has 0 bridgehead atoms. The van der Waals surface area contributed by atoms with E-state index in [1.165, 1.54) is 0 Å². The molecular weight excluding hydrogens is 444 g/mol. The van der Waals surface area contributed by atoms with E-state index in [0.29, 0.717) is 29.6 Å². The number of amides is 2. The third-order valence-electron chi connectivity index (χ3n) is 7.09. The van der Waals surface area contributed by atoms with Crippen molar-refractivity contribution in [1.82, 2.24) is 20.2 Å². The van der Waals surface area contributed by atoms with Gasteiger partial charge in [0, 0.05) is 30.2 Å². The Morgan fingerprint density at radius 1 is 1.18 bits per heavy atom. The highest BCUT2D eigenvalue weighted by Gasteiger charge is 2.54. The molecule has 4 aromatic rings. The molecule has 6 nitrogen and oxygen atoms in total. The minimum absolute atomic E-state index is 0.000906. The maximum Gasteiger partial charge on any atom is 0.274 e. The van der Waals surface area contributed by atoms with Crippen LogP contribution in [-0.4, -0.2) is 45.8 Å². The van der Waals surface area contributed by atoms with Crippen LogP contribution in [-0.2, 0) is 0 Å². The molecule has 2 N–H and O–H groups in total. The van der Waals surface area contributed by atoms with E-state index in [9.17, 15) is 9.59 Å². The number of H-pyrrole nitrogens is 1. The largest absolute Gasteiger partial charge is 0.360 e. The number of likely N-dealkylation sites (tertiary alicyclic amines) is 1. The zero-order valence-electron chi connectivity index (χ0n) is 19.2. The molecule has 0 spiro atoms. The summed E-state index contributed by atoms with van der Waals surface area (Å²) in [7, 11) is 0. The first kappa shape index (κ1) is 21.1. The number of carbonyl (C=O) groups is 2. The van der Waals surface area contributed by atoms with Gasteiger partial charge in [-0.2, -0.15) is 0 Å². The fraction of sp³-hybridized carbons (Fsp3) is 0.296. The van der Waals surface area contributed by atoms with Crippen molar-refractivity contribution < 1.29 is 9.59 Å². The van der Waals surface area contributed by atoms with Gasteiger partial charge in [-0.1, -0.05) is 48.0 Å². The van der Waals surface area contributed by atoms with Gasteiger partial charge in [-0.15, -0.1) is 11.3 Å². The second kappa shape index (κ2) is 8.09. The highest BCUT2D eigenvalue weighted by atomic mass is 32.1. The third kappa shape index (κ3) is 3.60. The van der Waals surface area contributed by atoms with E-state index < -0.39 is 0 Å². The Balaban J connectivity index is 1.23. The molecule has 1 aliphatic carbocycles. The quantitative estimate of drug-likeness (QED) is 0.440. The number of piperidine rings is 1. The van der Waals surface area contributed by atoms with Gasteiger partial charge in [-0.05, 0) is 43.7 Å². The highest BCUT2D eigenvalue weighted by Crippen LogP contribution is 2.50. The molecule has 1 saturated heterocycles. The van der Waals surface area contributed by atoms with Crippen LogP contribution in [0.1, 0.15) is 37.8 Å². The van der Waals surface area contributed by atoms with Crippen molar-refractivity contribution in [3.8, 4) is 10.4 Å². The number of benzene rings is 2. The van der Waals surface area contributed by atoms with Crippen LogP contribution >= 0.6 is 11.3 Å². The van der Waals surface area contributed by atoms with Crippen LogP contribution in [0.15, 0.2) is 54.7 Å². The van der Waals surface area contributed by atoms with E-state index in [1.807, 2.05) is 48.2 Å². The first-order valence-corrected chi connectivity index (χ1v) is 12.5. The number of thiazole rings is 1. The fourth-order valence-corrected chi connectivity index (χ4v) is 6.22. The molecule has 1 aliphatic heterocycles. The molecule has 0 radical (unpaired) electrons. The van der Waals surface area contributed by atoms with E-state index in [-0.39, 0.29) is 17.9 Å². The van der Waals surface area contributed by atoms with Crippen molar-refractivity contribution in [1.29, 1.82) is 0 Å². The molecule has 7 heteroatoms. The number of carbonyl (C=O) groups excluding carboxylic acids is 2. The number of aromatic amines is 1. The van der Waals surface area contributed by atoms with Gasteiger partial charge in [0.25, 0.3) is 11.8 Å². The SMILES string of the molecule is Cc1cccc(-c2sc(C)nc2C(=O)N2C[C@H]3C[C@H]3[C@H]2CNC(=O)c2c[nH]c3ccccc23)c1. The number of aryl methyl sites for hydroxylation is 2. The molecule has 2 aromatic heterocycles. The zero-order chi connectivity index (χ0) is 23.4. The number of nitrogens with one attached hydrogen (secondary N) is 2. The Morgan fingerprint density at radius 3 is 2.88 bits per heavy atom. The number of rotatable bonds is 5. The number of para-hydroxylation sites is 1. The smallest absolute Gasteiger partial charge is 0.274 e. The minimum atomic E-state index is -0.112. The molecular formula is C27H26N4O2S. The average molecular weight is 471 g/mol. The minimum Gasteiger partial charge on any atom is -0.360 e. The van der Waals surface area contributed by atoms with Gasteiger partial charge in [0.1, 0.15) is 5.69 Å². The predicted molar refractivity (Wildman–Crippen MR) is 134 cm³/mol. The summed E-state index contributed by atoms with van der Waals surface area (Å²) < 4.78 is 0. The van der Waals surface area contributed by atoms with Gasteiger partial charge in [0.15, 0.2) is 0 Å². The van der Waals surface area contributed by atoms with Gasteiger partial charge in [0.05, 0.1) is 21.5 Å². The lowest BCUT2D eigenvalue weighted by Crippen LogP contribution is -2.45. The molecule has 3 atom stereocenters. The van der Waals surface area contributed by atoms with E-state index in [0.717, 1.165) is 44.9 Å². The highest BCUT2D eigenvalue weighted by molar-refractivity contribution is 7.15. The number of fused-ring (bicyclic) bond motifs is 2. The molecule has 34 heavy (non-hydrogen) atoms. The molecule has 3 heterocycles. The van der Waals surface area contributed by atoms with Gasteiger partial charge in [0.2, 0.25) is 0 Å². The maximum atomic E-state index is 13.7. The Bertz CT molecular complexity index is 1420. The Labute approximate surface area is 202 Å². The summed E-state index contributed by atoms with van der Waals surface area (Å²) in [5.74, 6) is 0.841. The van der Waals surface area contributed by atoms with Crippen molar-refractivity contribution in [3.05, 3.63) is 76.6 Å². The van der Waals surface area contributed by atoms with Crippen LogP contribution in [0.3, 0.4) is 0 Å². The van der Waals surface area contributed by atoms with Crippen molar-refractivity contribution in [2.75, 3.05) is 13.1 Å². The standard InChI is InChI=1S/C27H26N4O2S/c1-15-6-5-7-17(10-15)25-24(30-16(2)34-25)27(33)31-14-18-11-20(18)23(31)13-29-26(32)21-12-28-22-9-4-3-8-19(21)22/h3-10,12,18,20,23,28H,11,13-14H2,1-2H3,(H,29,32)/t18-,20-,23-/m1/s1. The first-order valence-electron chi connectivity index (χ1n) is 11.7. The van der Waals surface area contributed by atoms with E-state index >= 15 is 0 Å². The molecule has 6 rings (SSSR count). The van der Waals surface area contributed by atoms with E-state index in [1.54, 1.807) is 17.5 Å². The van der Waals surface area contributed by atoms with E-state index in [4.69, 9.17) is 0 Å². The Kier molecular flexibility index (Phi) is 5.03. The zero-order valence-corrected chi connectivity index (χ0v) is 20.0. The van der Waals surface area contributed by atoms with Crippen molar-refractivity contribution >= 4 is 34.1 Å². The van der Waals surface area contributed by atoms with Crippen LogP contribution in [0.2, 0.25) is 0 Å². The van der Waals surface area contributed by atoms with Gasteiger partial charge in [-0.3, -0.25) is 9.59 Å². The Hall–Kier alpha value is -3.45. The van der Waals surface area contributed by atoms with Crippen LogP contribution in [0.5, 0.6) is 0 Å². The lowest BCUT2D eigenvalue weighted by atomic mass is 10.1. The summed E-state index contributed by atoms with van der Waals surface area (Å²) in [4.78, 5) is 37.4. The summed E-state index contributed by atoms with van der Waals surface area (Å²) in [5.41, 5.74) is 4.29. The number of nitrogens with zero attached hydrogens (tertiary/aromatic N) is 2. The monoisotopic (exact) mass is 470 g/mol. The lowest BCUT2D eigenvalue weighted by Gasteiger charge is -2.27. The molecule has 172 valence electrons. The third-order valence-corrected chi connectivity index (χ3v) is 8.11. The van der Waals surface area contributed by atoms with E-state index in [2.05, 4.69) is 34.3 Å². The van der Waals surface area contributed by atoms with Crippen LogP contribution < -0.4 is 5.32 Å². The molecule has 0 unspecified atom stereocenters. The second-order valence-corrected chi connectivity index (χ2v) is 10.6. The molecule has 2 aliphatic rings. The number of hydrogen-bond donors (Lipinski definition) is 2. The lowest BCUT2D eigenvalue weighted by molar-refractivity contribution is 0.0690. The van der Waals surface area contributed by atoms with Crippen molar-refractivity contribution in [2.24, 2.45) is 11.8 Å². The van der Waals surface area contributed by atoms with Gasteiger partial charge in [-0.25, -0.2) is 4.98 Å². The first-order chi connectivity index (χ1) is 16.5. The summed E-state index contributed by atoms with van der Waals surface area (Å²) in [6, 6.07) is 16.0.